The molecule has 0 radical (unpaired) electrons. The van der Waals surface area contributed by atoms with E-state index in [4.69, 9.17) is 0 Å². The van der Waals surface area contributed by atoms with Crippen molar-refractivity contribution in [3.05, 3.63) is 24.3 Å². The van der Waals surface area contributed by atoms with Gasteiger partial charge in [0, 0.05) is 0 Å². The highest BCUT2D eigenvalue weighted by Gasteiger charge is 2.06. The molecule has 1 atom stereocenters. The predicted molar refractivity (Wildman–Crippen MR) is 50.5 cm³/mol. The molecule has 0 aliphatic heterocycles. The summed E-state index contributed by atoms with van der Waals surface area (Å²) in [6.07, 6.45) is 15.8. The van der Waals surface area contributed by atoms with Crippen LogP contribution in [0.4, 0.5) is 0 Å². The van der Waals surface area contributed by atoms with E-state index in [-0.39, 0.29) is 0 Å². The normalized spacial score (nSPS) is 23.5. The SMILES string of the molecule is CC/C=C\CCC1C=CCC1. The van der Waals surface area contributed by atoms with Crippen molar-refractivity contribution in [2.24, 2.45) is 5.92 Å². The number of rotatable bonds is 4. The van der Waals surface area contributed by atoms with Gasteiger partial charge in [-0.15, -0.1) is 0 Å². The molecular formula is C11H18. The lowest BCUT2D eigenvalue weighted by atomic mass is 10.0. The Morgan fingerprint density at radius 3 is 3.00 bits per heavy atom. The van der Waals surface area contributed by atoms with Gasteiger partial charge in [0.15, 0.2) is 0 Å². The average Bonchev–Trinajstić information content (AvgIpc) is 2.50. The molecule has 11 heavy (non-hydrogen) atoms. The Kier molecular flexibility index (Phi) is 4.03. The van der Waals surface area contributed by atoms with Crippen molar-refractivity contribution in [1.29, 1.82) is 0 Å². The fraction of sp³-hybridized carbons (Fsp3) is 0.636. The average molecular weight is 150 g/mol. The molecule has 1 aliphatic rings. The zero-order valence-corrected chi connectivity index (χ0v) is 7.42. The molecule has 0 N–H and O–H groups in total. The molecule has 1 rings (SSSR count). The second-order valence-corrected chi connectivity index (χ2v) is 3.22. The van der Waals surface area contributed by atoms with Crippen molar-refractivity contribution < 1.29 is 0 Å². The summed E-state index contributed by atoms with van der Waals surface area (Å²) in [5.74, 6) is 0.886. The minimum atomic E-state index is 0.886. The standard InChI is InChI=1S/C11H18/c1-2-3-4-5-8-11-9-6-7-10-11/h3-4,6,9,11H,2,5,7-8,10H2,1H3/b4-3-. The van der Waals surface area contributed by atoms with E-state index in [1.807, 2.05) is 0 Å². The van der Waals surface area contributed by atoms with Crippen LogP contribution in [0.2, 0.25) is 0 Å². The maximum absolute atomic E-state index is 2.37. The minimum absolute atomic E-state index is 0.886. The van der Waals surface area contributed by atoms with Crippen LogP contribution in [0.25, 0.3) is 0 Å². The van der Waals surface area contributed by atoms with E-state index < -0.39 is 0 Å². The van der Waals surface area contributed by atoms with Gasteiger partial charge in [-0.1, -0.05) is 31.2 Å². The van der Waals surface area contributed by atoms with E-state index in [0.717, 1.165) is 5.92 Å². The van der Waals surface area contributed by atoms with Crippen molar-refractivity contribution in [2.45, 2.75) is 39.0 Å². The molecule has 0 spiro atoms. The van der Waals surface area contributed by atoms with Crippen LogP contribution in [-0.4, -0.2) is 0 Å². The summed E-state index contributed by atoms with van der Waals surface area (Å²) in [6.45, 7) is 2.19. The zero-order chi connectivity index (χ0) is 7.94. The summed E-state index contributed by atoms with van der Waals surface area (Å²) >= 11 is 0. The van der Waals surface area contributed by atoms with E-state index in [1.165, 1.54) is 32.1 Å². The van der Waals surface area contributed by atoms with Crippen LogP contribution in [0.15, 0.2) is 24.3 Å². The van der Waals surface area contributed by atoms with Crippen molar-refractivity contribution in [2.75, 3.05) is 0 Å². The minimum Gasteiger partial charge on any atom is -0.0888 e. The molecule has 62 valence electrons. The predicted octanol–water partition coefficient (Wildman–Crippen LogP) is 3.70. The Balaban J connectivity index is 2.02. The van der Waals surface area contributed by atoms with Gasteiger partial charge in [-0.3, -0.25) is 0 Å². The lowest BCUT2D eigenvalue weighted by molar-refractivity contribution is 0.584. The molecule has 0 heteroatoms. The first-order valence-electron chi connectivity index (χ1n) is 4.75. The van der Waals surface area contributed by atoms with Gasteiger partial charge in [0.1, 0.15) is 0 Å². The lowest BCUT2D eigenvalue weighted by Crippen LogP contribution is -1.89. The van der Waals surface area contributed by atoms with E-state index >= 15 is 0 Å². The molecule has 0 heterocycles. The van der Waals surface area contributed by atoms with Crippen LogP contribution in [0.5, 0.6) is 0 Å². The first-order valence-corrected chi connectivity index (χ1v) is 4.75. The Bertz CT molecular complexity index is 142. The number of hydrogen-bond acceptors (Lipinski definition) is 0. The van der Waals surface area contributed by atoms with Gasteiger partial charge < -0.3 is 0 Å². The second kappa shape index (κ2) is 5.17. The quantitative estimate of drug-likeness (QED) is 0.536. The molecular weight excluding hydrogens is 132 g/mol. The zero-order valence-electron chi connectivity index (χ0n) is 7.42. The molecule has 0 saturated heterocycles. The van der Waals surface area contributed by atoms with Gasteiger partial charge in [-0.25, -0.2) is 0 Å². The molecule has 0 fully saturated rings. The summed E-state index contributed by atoms with van der Waals surface area (Å²) in [5, 5.41) is 0. The van der Waals surface area contributed by atoms with Crippen molar-refractivity contribution in [3.63, 3.8) is 0 Å². The summed E-state index contributed by atoms with van der Waals surface area (Å²) in [4.78, 5) is 0. The molecule has 0 saturated carbocycles. The van der Waals surface area contributed by atoms with Crippen LogP contribution in [-0.2, 0) is 0 Å². The Morgan fingerprint density at radius 1 is 1.45 bits per heavy atom. The maximum atomic E-state index is 2.37. The van der Waals surface area contributed by atoms with Crippen LogP contribution in [0.1, 0.15) is 39.0 Å². The van der Waals surface area contributed by atoms with Crippen LogP contribution in [0, 0.1) is 5.92 Å². The third kappa shape index (κ3) is 3.41. The largest absolute Gasteiger partial charge is 0.0888 e. The van der Waals surface area contributed by atoms with Gasteiger partial charge in [0.25, 0.3) is 0 Å². The Morgan fingerprint density at radius 2 is 2.36 bits per heavy atom. The van der Waals surface area contributed by atoms with Crippen molar-refractivity contribution in [3.8, 4) is 0 Å². The van der Waals surface area contributed by atoms with Crippen LogP contribution in [0.3, 0.4) is 0 Å². The molecule has 0 amide bonds. The monoisotopic (exact) mass is 150 g/mol. The van der Waals surface area contributed by atoms with E-state index in [0.29, 0.717) is 0 Å². The van der Waals surface area contributed by atoms with Crippen LogP contribution >= 0.6 is 0 Å². The van der Waals surface area contributed by atoms with Gasteiger partial charge in [0.2, 0.25) is 0 Å². The summed E-state index contributed by atoms with van der Waals surface area (Å²) < 4.78 is 0. The van der Waals surface area contributed by atoms with Gasteiger partial charge >= 0.3 is 0 Å². The fourth-order valence-electron chi connectivity index (χ4n) is 1.53. The molecule has 0 aromatic carbocycles. The summed E-state index contributed by atoms with van der Waals surface area (Å²) in [7, 11) is 0. The second-order valence-electron chi connectivity index (χ2n) is 3.22. The third-order valence-electron chi connectivity index (χ3n) is 2.22. The van der Waals surface area contributed by atoms with Gasteiger partial charge in [0.05, 0.1) is 0 Å². The first kappa shape index (κ1) is 8.58. The third-order valence-corrected chi connectivity index (χ3v) is 2.22. The Labute approximate surface area is 70.0 Å². The molecule has 0 bridgehead atoms. The molecule has 1 unspecified atom stereocenters. The smallest absolute Gasteiger partial charge is 0.0228 e. The summed E-state index contributed by atoms with van der Waals surface area (Å²) in [6, 6.07) is 0. The summed E-state index contributed by atoms with van der Waals surface area (Å²) in [5.41, 5.74) is 0. The topological polar surface area (TPSA) is 0 Å². The number of hydrogen-bond donors (Lipinski definition) is 0. The maximum Gasteiger partial charge on any atom is -0.0228 e. The molecule has 0 aromatic heterocycles. The molecule has 0 nitrogen and oxygen atoms in total. The van der Waals surface area contributed by atoms with Crippen LogP contribution < -0.4 is 0 Å². The van der Waals surface area contributed by atoms with E-state index in [1.54, 1.807) is 0 Å². The number of allylic oxidation sites excluding steroid dienone is 4. The fourth-order valence-corrected chi connectivity index (χ4v) is 1.53. The highest BCUT2D eigenvalue weighted by molar-refractivity contribution is 4.97. The Hall–Kier alpha value is -0.520. The van der Waals surface area contributed by atoms with Gasteiger partial charge in [-0.05, 0) is 38.0 Å². The van der Waals surface area contributed by atoms with Gasteiger partial charge in [-0.2, -0.15) is 0 Å². The highest BCUT2D eigenvalue weighted by Crippen LogP contribution is 2.21. The van der Waals surface area contributed by atoms with E-state index in [9.17, 15) is 0 Å². The lowest BCUT2D eigenvalue weighted by Gasteiger charge is -2.02. The first-order chi connectivity index (χ1) is 5.43. The highest BCUT2D eigenvalue weighted by atomic mass is 14.1. The van der Waals surface area contributed by atoms with Crippen molar-refractivity contribution >= 4 is 0 Å². The molecule has 1 aliphatic carbocycles. The molecule has 0 aromatic rings. The van der Waals surface area contributed by atoms with E-state index in [2.05, 4.69) is 31.2 Å². The van der Waals surface area contributed by atoms with Crippen molar-refractivity contribution in [1.82, 2.24) is 0 Å².